The molecule has 0 saturated carbocycles. The highest BCUT2D eigenvalue weighted by atomic mass is 16.5. The maximum atomic E-state index is 12.4. The van der Waals surface area contributed by atoms with Gasteiger partial charge in [0.25, 0.3) is 5.91 Å². The van der Waals surface area contributed by atoms with Crippen molar-refractivity contribution >= 4 is 5.91 Å². The zero-order valence-corrected chi connectivity index (χ0v) is 13.2. The van der Waals surface area contributed by atoms with E-state index in [1.165, 1.54) is 0 Å². The number of carbonyl (C=O) groups is 1. The fourth-order valence-electron chi connectivity index (χ4n) is 2.75. The molecule has 1 amide bonds. The van der Waals surface area contributed by atoms with E-state index in [4.69, 9.17) is 4.74 Å². The number of morpholine rings is 1. The molecule has 0 spiro atoms. The van der Waals surface area contributed by atoms with E-state index >= 15 is 0 Å². The topological polar surface area (TPSA) is 62.7 Å². The summed E-state index contributed by atoms with van der Waals surface area (Å²) in [6.45, 7) is 4.46. The first kappa shape index (κ1) is 15.5. The molecule has 2 aromatic rings. The summed E-state index contributed by atoms with van der Waals surface area (Å²) in [5.41, 5.74) is 3.41. The predicted molar refractivity (Wildman–Crippen MR) is 87.4 cm³/mol. The number of hydrogen-bond donors (Lipinski definition) is 1. The van der Waals surface area contributed by atoms with Gasteiger partial charge in [0.15, 0.2) is 0 Å². The highest BCUT2D eigenvalue weighted by Crippen LogP contribution is 2.26. The third-order valence-corrected chi connectivity index (χ3v) is 4.05. The zero-order chi connectivity index (χ0) is 16.2. The number of phenols is 1. The van der Waals surface area contributed by atoms with Crippen LogP contribution in [0.25, 0.3) is 11.3 Å². The van der Waals surface area contributed by atoms with Crippen molar-refractivity contribution < 1.29 is 14.6 Å². The molecule has 1 saturated heterocycles. The summed E-state index contributed by atoms with van der Waals surface area (Å²) in [6, 6.07) is 8.94. The largest absolute Gasteiger partial charge is 0.508 e. The van der Waals surface area contributed by atoms with E-state index < -0.39 is 0 Å². The smallest absolute Gasteiger partial charge is 0.255 e. The van der Waals surface area contributed by atoms with Crippen LogP contribution in [-0.4, -0.2) is 47.2 Å². The van der Waals surface area contributed by atoms with Crippen LogP contribution >= 0.6 is 0 Å². The number of ether oxygens (including phenoxy) is 1. The number of phenolic OH excluding ortho intramolecular Hbond substituents is 1. The van der Waals surface area contributed by atoms with Crippen molar-refractivity contribution in [2.45, 2.75) is 13.3 Å². The molecule has 0 unspecified atom stereocenters. The monoisotopic (exact) mass is 312 g/mol. The summed E-state index contributed by atoms with van der Waals surface area (Å²) in [5, 5.41) is 9.60. The van der Waals surface area contributed by atoms with E-state index in [0.29, 0.717) is 31.9 Å². The molecule has 1 fully saturated rings. The summed E-state index contributed by atoms with van der Waals surface area (Å²) in [7, 11) is 0. The first-order valence-corrected chi connectivity index (χ1v) is 7.84. The number of nitrogens with zero attached hydrogens (tertiary/aromatic N) is 2. The highest BCUT2D eigenvalue weighted by Gasteiger charge is 2.19. The Balaban J connectivity index is 1.83. The van der Waals surface area contributed by atoms with Crippen molar-refractivity contribution in [1.29, 1.82) is 0 Å². The average molecular weight is 312 g/mol. The Kier molecular flexibility index (Phi) is 4.57. The Morgan fingerprint density at radius 3 is 2.70 bits per heavy atom. The lowest BCUT2D eigenvalue weighted by atomic mass is 10.0. The number of benzene rings is 1. The van der Waals surface area contributed by atoms with Gasteiger partial charge >= 0.3 is 0 Å². The van der Waals surface area contributed by atoms with E-state index in [-0.39, 0.29) is 11.7 Å². The van der Waals surface area contributed by atoms with Gasteiger partial charge in [-0.2, -0.15) is 0 Å². The van der Waals surface area contributed by atoms with Crippen molar-refractivity contribution in [2.75, 3.05) is 26.3 Å². The molecule has 120 valence electrons. The first-order chi connectivity index (χ1) is 11.2. The predicted octanol–water partition coefficient (Wildman–Crippen LogP) is 2.49. The molecule has 1 aliphatic heterocycles. The SMILES string of the molecule is CCc1cc(O)ccc1-c1ccc(C(=O)N2CCOCC2)cn1. The third-order valence-electron chi connectivity index (χ3n) is 4.05. The number of aromatic nitrogens is 1. The van der Waals surface area contributed by atoms with E-state index in [1.807, 2.05) is 25.1 Å². The highest BCUT2D eigenvalue weighted by molar-refractivity contribution is 5.94. The van der Waals surface area contributed by atoms with Crippen LogP contribution in [0.4, 0.5) is 0 Å². The van der Waals surface area contributed by atoms with Crippen LogP contribution in [-0.2, 0) is 11.2 Å². The normalized spacial score (nSPS) is 14.7. The van der Waals surface area contributed by atoms with Crippen LogP contribution in [0, 0.1) is 0 Å². The minimum atomic E-state index is -0.00577. The van der Waals surface area contributed by atoms with Crippen molar-refractivity contribution in [3.8, 4) is 17.0 Å². The summed E-state index contributed by atoms with van der Waals surface area (Å²) >= 11 is 0. The first-order valence-electron chi connectivity index (χ1n) is 7.84. The molecule has 3 rings (SSSR count). The third kappa shape index (κ3) is 3.35. The van der Waals surface area contributed by atoms with Crippen LogP contribution in [0.2, 0.25) is 0 Å². The Hall–Kier alpha value is -2.40. The fraction of sp³-hybridized carbons (Fsp3) is 0.333. The van der Waals surface area contributed by atoms with Crippen LogP contribution in [0.15, 0.2) is 36.5 Å². The molecule has 1 N–H and O–H groups in total. The lowest BCUT2D eigenvalue weighted by Gasteiger charge is -2.26. The van der Waals surface area contributed by atoms with E-state index in [2.05, 4.69) is 4.98 Å². The van der Waals surface area contributed by atoms with Gasteiger partial charge in [0.2, 0.25) is 0 Å². The zero-order valence-electron chi connectivity index (χ0n) is 13.2. The molecule has 2 heterocycles. The van der Waals surface area contributed by atoms with Gasteiger partial charge in [0.1, 0.15) is 5.75 Å². The number of aryl methyl sites for hydroxylation is 1. The second kappa shape index (κ2) is 6.79. The van der Waals surface area contributed by atoms with Crippen molar-refractivity contribution in [3.63, 3.8) is 0 Å². The minimum Gasteiger partial charge on any atom is -0.508 e. The lowest BCUT2D eigenvalue weighted by molar-refractivity contribution is 0.0302. The van der Waals surface area contributed by atoms with Crippen LogP contribution in [0.1, 0.15) is 22.8 Å². The number of aromatic hydroxyl groups is 1. The molecule has 0 radical (unpaired) electrons. The number of rotatable bonds is 3. The molecular formula is C18H20N2O3. The summed E-state index contributed by atoms with van der Waals surface area (Å²) in [5.74, 6) is 0.249. The summed E-state index contributed by atoms with van der Waals surface area (Å²) in [6.07, 6.45) is 2.43. The molecule has 5 heteroatoms. The number of carbonyl (C=O) groups excluding carboxylic acids is 1. The number of hydrogen-bond acceptors (Lipinski definition) is 4. The Morgan fingerprint density at radius 2 is 2.04 bits per heavy atom. The quantitative estimate of drug-likeness (QED) is 0.946. The van der Waals surface area contributed by atoms with E-state index in [9.17, 15) is 9.90 Å². The van der Waals surface area contributed by atoms with E-state index in [0.717, 1.165) is 23.2 Å². The second-order valence-corrected chi connectivity index (χ2v) is 5.53. The van der Waals surface area contributed by atoms with Gasteiger partial charge in [0.05, 0.1) is 24.5 Å². The second-order valence-electron chi connectivity index (χ2n) is 5.53. The standard InChI is InChI=1S/C18H20N2O3/c1-2-13-11-15(21)4-5-16(13)17-6-3-14(12-19-17)18(22)20-7-9-23-10-8-20/h3-6,11-12,21H,2,7-10H2,1H3. The van der Waals surface area contributed by atoms with Gasteiger partial charge in [-0.15, -0.1) is 0 Å². The van der Waals surface area contributed by atoms with Crippen LogP contribution < -0.4 is 0 Å². The molecule has 1 aromatic heterocycles. The molecule has 0 atom stereocenters. The Morgan fingerprint density at radius 1 is 1.26 bits per heavy atom. The summed E-state index contributed by atoms with van der Waals surface area (Å²) in [4.78, 5) is 18.6. The maximum Gasteiger partial charge on any atom is 0.255 e. The maximum absolute atomic E-state index is 12.4. The average Bonchev–Trinajstić information content (AvgIpc) is 2.62. The van der Waals surface area contributed by atoms with Gasteiger partial charge in [-0.25, -0.2) is 0 Å². The van der Waals surface area contributed by atoms with Crippen molar-refractivity contribution in [2.24, 2.45) is 0 Å². The molecule has 1 aromatic carbocycles. The molecule has 5 nitrogen and oxygen atoms in total. The van der Waals surface area contributed by atoms with Gasteiger partial charge in [-0.1, -0.05) is 6.92 Å². The van der Waals surface area contributed by atoms with Gasteiger partial charge in [-0.05, 0) is 42.3 Å². The molecule has 0 bridgehead atoms. The number of pyridine rings is 1. The van der Waals surface area contributed by atoms with Crippen molar-refractivity contribution in [3.05, 3.63) is 47.7 Å². The Bertz CT molecular complexity index is 692. The van der Waals surface area contributed by atoms with E-state index in [1.54, 1.807) is 23.2 Å². The van der Waals surface area contributed by atoms with Gasteiger partial charge < -0.3 is 14.7 Å². The van der Waals surface area contributed by atoms with Crippen LogP contribution in [0.3, 0.4) is 0 Å². The van der Waals surface area contributed by atoms with Crippen molar-refractivity contribution in [1.82, 2.24) is 9.88 Å². The minimum absolute atomic E-state index is 0.00577. The molecule has 1 aliphatic rings. The fourth-order valence-corrected chi connectivity index (χ4v) is 2.75. The van der Waals surface area contributed by atoms with Gasteiger partial charge in [-0.3, -0.25) is 9.78 Å². The lowest BCUT2D eigenvalue weighted by Crippen LogP contribution is -2.40. The molecular weight excluding hydrogens is 292 g/mol. The molecule has 23 heavy (non-hydrogen) atoms. The van der Waals surface area contributed by atoms with Crippen LogP contribution in [0.5, 0.6) is 5.75 Å². The Labute approximate surface area is 135 Å². The number of amides is 1. The summed E-state index contributed by atoms with van der Waals surface area (Å²) < 4.78 is 5.27. The molecule has 0 aliphatic carbocycles. The van der Waals surface area contributed by atoms with Gasteiger partial charge in [0, 0.05) is 24.8 Å².